The van der Waals surface area contributed by atoms with E-state index in [9.17, 15) is 0 Å². The summed E-state index contributed by atoms with van der Waals surface area (Å²) in [6.07, 6.45) is 5.32. The van der Waals surface area contributed by atoms with Crippen molar-refractivity contribution in [2.24, 2.45) is 5.73 Å². The maximum absolute atomic E-state index is 8.82. The molecule has 0 aliphatic heterocycles. The normalized spacial score (nSPS) is 14.1. The molecule has 100 valence electrons. The number of thiazole rings is 1. The summed E-state index contributed by atoms with van der Waals surface area (Å²) in [4.78, 5) is 16.8. The number of nitrogens with zero attached hydrogens (tertiary/aromatic N) is 4. The van der Waals surface area contributed by atoms with Gasteiger partial charge >= 0.3 is 0 Å². The first-order chi connectivity index (χ1) is 9.62. The van der Waals surface area contributed by atoms with E-state index in [1.165, 1.54) is 17.7 Å². The second-order valence-electron chi connectivity index (χ2n) is 4.74. The van der Waals surface area contributed by atoms with Crippen LogP contribution in [0.5, 0.6) is 0 Å². The third-order valence-electron chi connectivity index (χ3n) is 3.03. The molecule has 0 saturated heterocycles. The zero-order chi connectivity index (χ0) is 14.2. The van der Waals surface area contributed by atoms with Crippen LogP contribution in [0.3, 0.4) is 0 Å². The maximum Gasteiger partial charge on any atom is 0.141 e. The average Bonchev–Trinajstić information content (AvgIpc) is 3.07. The molecule has 0 saturated carbocycles. The Morgan fingerprint density at radius 1 is 1.45 bits per heavy atom. The van der Waals surface area contributed by atoms with E-state index in [4.69, 9.17) is 11.0 Å². The highest BCUT2D eigenvalue weighted by Crippen LogP contribution is 2.33. The number of aromatic nitrogens is 4. The molecule has 6 nitrogen and oxygen atoms in total. The van der Waals surface area contributed by atoms with Crippen LogP contribution in [0.25, 0.3) is 21.6 Å². The fraction of sp³-hybridized carbons (Fsp3) is 0.231. The molecule has 3 N–H and O–H groups in total. The van der Waals surface area contributed by atoms with Crippen LogP contribution in [0, 0.1) is 11.3 Å². The average molecular weight is 284 g/mol. The molecular weight excluding hydrogens is 272 g/mol. The maximum atomic E-state index is 8.82. The fourth-order valence-electron chi connectivity index (χ4n) is 1.96. The summed E-state index contributed by atoms with van der Waals surface area (Å²) in [5.74, 6) is 0. The van der Waals surface area contributed by atoms with Gasteiger partial charge in [-0.05, 0) is 13.0 Å². The van der Waals surface area contributed by atoms with Crippen LogP contribution in [0.4, 0.5) is 0 Å². The highest BCUT2D eigenvalue weighted by Gasteiger charge is 2.25. The smallest absolute Gasteiger partial charge is 0.141 e. The van der Waals surface area contributed by atoms with Crippen LogP contribution in [0.2, 0.25) is 0 Å². The standard InChI is InChI=1S/C13H12N6S/c1-13(15,3-4-14)12-17-6-9(20-12)10-8-2-5-16-11(8)19-7-18-10/h2,5-7H,3,15H2,1H3,(H,16,18,19). The summed E-state index contributed by atoms with van der Waals surface area (Å²) in [5, 5.41) is 10.5. The lowest BCUT2D eigenvalue weighted by atomic mass is 10.0. The Hall–Kier alpha value is -2.30. The van der Waals surface area contributed by atoms with E-state index in [2.05, 4.69) is 26.0 Å². The largest absolute Gasteiger partial charge is 0.346 e. The Labute approximate surface area is 119 Å². The lowest BCUT2D eigenvalue weighted by Gasteiger charge is -2.17. The molecule has 3 rings (SSSR count). The van der Waals surface area contributed by atoms with Crippen molar-refractivity contribution in [1.82, 2.24) is 19.9 Å². The summed E-state index contributed by atoms with van der Waals surface area (Å²) in [5.41, 5.74) is 7.00. The predicted molar refractivity (Wildman–Crippen MR) is 76.8 cm³/mol. The summed E-state index contributed by atoms with van der Waals surface area (Å²) in [6, 6.07) is 4.02. The van der Waals surface area contributed by atoms with E-state index in [-0.39, 0.29) is 6.42 Å². The highest BCUT2D eigenvalue weighted by atomic mass is 32.1. The Kier molecular flexibility index (Phi) is 2.97. The lowest BCUT2D eigenvalue weighted by Crippen LogP contribution is -2.32. The van der Waals surface area contributed by atoms with Crippen molar-refractivity contribution in [1.29, 1.82) is 5.26 Å². The quantitative estimate of drug-likeness (QED) is 0.767. The van der Waals surface area contributed by atoms with Crippen molar-refractivity contribution < 1.29 is 0 Å². The number of nitrogens with one attached hydrogen (secondary N) is 1. The molecule has 3 aromatic rings. The molecule has 7 heteroatoms. The monoisotopic (exact) mass is 284 g/mol. The zero-order valence-corrected chi connectivity index (χ0v) is 11.6. The Morgan fingerprint density at radius 3 is 3.10 bits per heavy atom. The molecule has 0 aromatic carbocycles. The van der Waals surface area contributed by atoms with Gasteiger partial charge in [0.1, 0.15) is 17.0 Å². The summed E-state index contributed by atoms with van der Waals surface area (Å²) in [7, 11) is 0. The van der Waals surface area contributed by atoms with Gasteiger partial charge in [-0.1, -0.05) is 0 Å². The van der Waals surface area contributed by atoms with Crippen LogP contribution >= 0.6 is 11.3 Å². The number of hydrogen-bond donors (Lipinski definition) is 2. The van der Waals surface area contributed by atoms with E-state index in [0.29, 0.717) is 0 Å². The number of nitriles is 1. The van der Waals surface area contributed by atoms with Gasteiger partial charge < -0.3 is 10.7 Å². The van der Waals surface area contributed by atoms with E-state index in [1.807, 2.05) is 19.2 Å². The number of rotatable bonds is 3. The molecule has 0 amide bonds. The van der Waals surface area contributed by atoms with Crippen LogP contribution in [-0.2, 0) is 5.54 Å². The molecule has 20 heavy (non-hydrogen) atoms. The Bertz CT molecular complexity index is 794. The van der Waals surface area contributed by atoms with Gasteiger partial charge in [-0.25, -0.2) is 15.0 Å². The van der Waals surface area contributed by atoms with Crippen molar-refractivity contribution in [3.05, 3.63) is 29.8 Å². The molecule has 1 atom stereocenters. The van der Waals surface area contributed by atoms with Crippen molar-refractivity contribution >= 4 is 22.4 Å². The van der Waals surface area contributed by atoms with Crippen LogP contribution in [0.1, 0.15) is 18.4 Å². The van der Waals surface area contributed by atoms with Gasteiger partial charge in [-0.2, -0.15) is 5.26 Å². The first kappa shape index (κ1) is 12.7. The molecule has 0 spiro atoms. The van der Waals surface area contributed by atoms with Gasteiger partial charge in [0.15, 0.2) is 0 Å². The molecule has 0 aliphatic rings. The minimum atomic E-state index is -0.734. The molecule has 1 unspecified atom stereocenters. The van der Waals surface area contributed by atoms with Gasteiger partial charge in [-0.3, -0.25) is 0 Å². The number of hydrogen-bond acceptors (Lipinski definition) is 6. The van der Waals surface area contributed by atoms with Crippen molar-refractivity contribution in [3.8, 4) is 16.6 Å². The number of nitrogens with two attached hydrogens (primary N) is 1. The first-order valence-corrected chi connectivity index (χ1v) is 6.84. The van der Waals surface area contributed by atoms with Gasteiger partial charge in [0.05, 0.1) is 28.6 Å². The molecule has 0 fully saturated rings. The lowest BCUT2D eigenvalue weighted by molar-refractivity contribution is 0.504. The minimum Gasteiger partial charge on any atom is -0.346 e. The number of aromatic amines is 1. The second kappa shape index (κ2) is 4.67. The summed E-state index contributed by atoms with van der Waals surface area (Å²) >= 11 is 1.46. The first-order valence-electron chi connectivity index (χ1n) is 6.02. The number of fused-ring (bicyclic) bond motifs is 1. The van der Waals surface area contributed by atoms with E-state index >= 15 is 0 Å². The number of H-pyrrole nitrogens is 1. The SMILES string of the molecule is CC(N)(CC#N)c1ncc(-c2ncnc3[nH]ccc23)s1. The molecular formula is C13H12N6S. The molecule has 3 heterocycles. The van der Waals surface area contributed by atoms with Gasteiger partial charge in [-0.15, -0.1) is 11.3 Å². The third kappa shape index (κ3) is 2.05. The second-order valence-corrected chi connectivity index (χ2v) is 5.77. The van der Waals surface area contributed by atoms with Crippen LogP contribution < -0.4 is 5.73 Å². The van der Waals surface area contributed by atoms with Gasteiger partial charge in [0.25, 0.3) is 0 Å². The van der Waals surface area contributed by atoms with Gasteiger partial charge in [0, 0.05) is 17.8 Å². The molecule has 3 aromatic heterocycles. The van der Waals surface area contributed by atoms with Crippen molar-refractivity contribution in [2.45, 2.75) is 18.9 Å². The van der Waals surface area contributed by atoms with Gasteiger partial charge in [0.2, 0.25) is 0 Å². The van der Waals surface area contributed by atoms with E-state index in [1.54, 1.807) is 6.20 Å². The highest BCUT2D eigenvalue weighted by molar-refractivity contribution is 7.15. The van der Waals surface area contributed by atoms with E-state index < -0.39 is 5.54 Å². The molecule has 0 aliphatic carbocycles. The summed E-state index contributed by atoms with van der Waals surface area (Å²) in [6.45, 7) is 1.81. The fourth-order valence-corrected chi connectivity index (χ4v) is 2.94. The van der Waals surface area contributed by atoms with Crippen LogP contribution in [0.15, 0.2) is 24.8 Å². The van der Waals surface area contributed by atoms with Crippen LogP contribution in [-0.4, -0.2) is 19.9 Å². The van der Waals surface area contributed by atoms with Crippen molar-refractivity contribution in [3.63, 3.8) is 0 Å². The predicted octanol–water partition coefficient (Wildman–Crippen LogP) is 2.17. The third-order valence-corrected chi connectivity index (χ3v) is 4.31. The van der Waals surface area contributed by atoms with Crippen molar-refractivity contribution in [2.75, 3.05) is 0 Å². The Morgan fingerprint density at radius 2 is 2.30 bits per heavy atom. The topological polar surface area (TPSA) is 104 Å². The van der Waals surface area contributed by atoms with E-state index in [0.717, 1.165) is 26.6 Å². The zero-order valence-electron chi connectivity index (χ0n) is 10.8. The summed E-state index contributed by atoms with van der Waals surface area (Å²) < 4.78 is 0. The molecule has 0 radical (unpaired) electrons. The Balaban J connectivity index is 2.07. The molecule has 0 bridgehead atoms. The minimum absolute atomic E-state index is 0.225.